The Balaban J connectivity index is 2.15. The molecule has 0 saturated heterocycles. The Labute approximate surface area is 117 Å². The van der Waals surface area contributed by atoms with Gasteiger partial charge in [-0.25, -0.2) is 0 Å². The Morgan fingerprint density at radius 3 is 2.68 bits per heavy atom. The molecule has 2 aromatic rings. The van der Waals surface area contributed by atoms with Crippen LogP contribution in [0.5, 0.6) is 0 Å². The van der Waals surface area contributed by atoms with Crippen molar-refractivity contribution in [2.75, 3.05) is 11.4 Å². The predicted molar refractivity (Wildman–Crippen MR) is 78.7 cm³/mol. The number of hydrogen-bond acceptors (Lipinski definition) is 3. The van der Waals surface area contributed by atoms with Crippen molar-refractivity contribution < 1.29 is 0 Å². The molecule has 93 valence electrons. The number of fused-ring (bicyclic) bond motifs is 2. The van der Waals surface area contributed by atoms with Gasteiger partial charge in [0.2, 0.25) is 0 Å². The Kier molecular flexibility index (Phi) is 3.18. The molecule has 2 nitrogen and oxygen atoms in total. The molecule has 1 aliphatic heterocycles. The molecular formula is C16H13N2S. The van der Waals surface area contributed by atoms with Crippen molar-refractivity contribution in [1.82, 2.24) is 0 Å². The summed E-state index contributed by atoms with van der Waals surface area (Å²) in [6.45, 7) is 4.82. The fourth-order valence-corrected chi connectivity index (χ4v) is 3.37. The minimum Gasteiger partial charge on any atom is -0.340 e. The number of hydrogen-bond donors (Lipinski definition) is 0. The number of benzene rings is 2. The van der Waals surface area contributed by atoms with Crippen molar-refractivity contribution in [3.63, 3.8) is 0 Å². The number of anilines is 2. The Morgan fingerprint density at radius 1 is 1.11 bits per heavy atom. The molecule has 0 fully saturated rings. The molecule has 0 aromatic heterocycles. The average Bonchev–Trinajstić information content (AvgIpc) is 2.47. The minimum absolute atomic E-state index is 0.702. The molecule has 0 bridgehead atoms. The summed E-state index contributed by atoms with van der Waals surface area (Å²) in [5.41, 5.74) is 3.03. The van der Waals surface area contributed by atoms with Gasteiger partial charge in [0.1, 0.15) is 0 Å². The lowest BCUT2D eigenvalue weighted by atomic mass is 10.1. The van der Waals surface area contributed by atoms with Crippen LogP contribution in [0.1, 0.15) is 12.0 Å². The minimum atomic E-state index is 0.702. The summed E-state index contributed by atoms with van der Waals surface area (Å²) in [6.07, 6.45) is 0.829. The van der Waals surface area contributed by atoms with Crippen molar-refractivity contribution in [3.8, 4) is 6.07 Å². The summed E-state index contributed by atoms with van der Waals surface area (Å²) in [5, 5.41) is 9.06. The van der Waals surface area contributed by atoms with Crippen molar-refractivity contribution >= 4 is 23.1 Å². The zero-order valence-electron chi connectivity index (χ0n) is 10.5. The van der Waals surface area contributed by atoms with E-state index < -0.39 is 0 Å². The first kappa shape index (κ1) is 12.1. The van der Waals surface area contributed by atoms with Gasteiger partial charge in [0.05, 0.1) is 23.0 Å². The molecular weight excluding hydrogens is 252 g/mol. The number of rotatable bonds is 2. The maximum Gasteiger partial charge on any atom is 0.0992 e. The van der Waals surface area contributed by atoms with E-state index in [2.05, 4.69) is 42.2 Å². The third-order valence-electron chi connectivity index (χ3n) is 3.14. The summed E-state index contributed by atoms with van der Waals surface area (Å²) in [7, 11) is 0. The van der Waals surface area contributed by atoms with E-state index in [1.807, 2.05) is 18.2 Å². The third kappa shape index (κ3) is 2.09. The maximum atomic E-state index is 9.06. The Hall–Kier alpha value is -1.92. The van der Waals surface area contributed by atoms with Gasteiger partial charge in [0.25, 0.3) is 0 Å². The summed E-state index contributed by atoms with van der Waals surface area (Å²) in [6, 6.07) is 16.5. The lowest BCUT2D eigenvalue weighted by Crippen LogP contribution is -2.21. The van der Waals surface area contributed by atoms with Gasteiger partial charge in [-0.1, -0.05) is 30.8 Å². The molecule has 0 aliphatic carbocycles. The summed E-state index contributed by atoms with van der Waals surface area (Å²) in [5.74, 6) is 0. The molecule has 2 aromatic carbocycles. The van der Waals surface area contributed by atoms with Crippen LogP contribution in [-0.4, -0.2) is 6.54 Å². The van der Waals surface area contributed by atoms with Crippen molar-refractivity contribution in [1.29, 1.82) is 5.26 Å². The second-order valence-corrected chi connectivity index (χ2v) is 5.45. The van der Waals surface area contributed by atoms with Crippen LogP contribution in [0.3, 0.4) is 0 Å². The SMILES string of the molecule is [CH2]CCN1c2ccccc2Sc2ccc(C#N)cc21. The number of nitriles is 1. The quantitative estimate of drug-likeness (QED) is 0.806. The van der Waals surface area contributed by atoms with E-state index in [-0.39, 0.29) is 0 Å². The summed E-state index contributed by atoms with van der Waals surface area (Å²) < 4.78 is 0. The van der Waals surface area contributed by atoms with Gasteiger partial charge >= 0.3 is 0 Å². The molecule has 1 heterocycles. The van der Waals surface area contributed by atoms with E-state index in [1.165, 1.54) is 15.5 Å². The van der Waals surface area contributed by atoms with E-state index >= 15 is 0 Å². The number of para-hydroxylation sites is 1. The van der Waals surface area contributed by atoms with Gasteiger partial charge in [-0.15, -0.1) is 0 Å². The molecule has 19 heavy (non-hydrogen) atoms. The maximum absolute atomic E-state index is 9.06. The van der Waals surface area contributed by atoms with Crippen molar-refractivity contribution in [2.45, 2.75) is 16.2 Å². The third-order valence-corrected chi connectivity index (χ3v) is 4.27. The first-order valence-corrected chi connectivity index (χ1v) is 7.03. The highest BCUT2D eigenvalue weighted by Crippen LogP contribution is 2.48. The van der Waals surface area contributed by atoms with Crippen LogP contribution in [0.25, 0.3) is 0 Å². The molecule has 0 N–H and O–H groups in total. The molecule has 1 radical (unpaired) electrons. The van der Waals surface area contributed by atoms with E-state index in [0.717, 1.165) is 18.7 Å². The second kappa shape index (κ2) is 4.99. The molecule has 0 spiro atoms. The van der Waals surface area contributed by atoms with E-state index in [4.69, 9.17) is 5.26 Å². The monoisotopic (exact) mass is 265 g/mol. The molecule has 0 unspecified atom stereocenters. The smallest absolute Gasteiger partial charge is 0.0992 e. The topological polar surface area (TPSA) is 27.0 Å². The van der Waals surface area contributed by atoms with Crippen LogP contribution >= 0.6 is 11.8 Å². The van der Waals surface area contributed by atoms with E-state index in [1.54, 1.807) is 11.8 Å². The lowest BCUT2D eigenvalue weighted by Gasteiger charge is -2.32. The van der Waals surface area contributed by atoms with Crippen LogP contribution in [0.15, 0.2) is 52.3 Å². The number of nitrogens with zero attached hydrogens (tertiary/aromatic N) is 2. The van der Waals surface area contributed by atoms with Gasteiger partial charge in [-0.2, -0.15) is 5.26 Å². The second-order valence-electron chi connectivity index (χ2n) is 4.37. The highest BCUT2D eigenvalue weighted by Gasteiger charge is 2.22. The predicted octanol–water partition coefficient (Wildman–Crippen LogP) is 4.39. The molecule has 1 aliphatic rings. The van der Waals surface area contributed by atoms with Gasteiger partial charge < -0.3 is 4.90 Å². The normalized spacial score (nSPS) is 12.5. The molecule has 0 amide bonds. The average molecular weight is 265 g/mol. The van der Waals surface area contributed by atoms with Crippen LogP contribution in [-0.2, 0) is 0 Å². The van der Waals surface area contributed by atoms with E-state index in [9.17, 15) is 0 Å². The molecule has 0 saturated carbocycles. The summed E-state index contributed by atoms with van der Waals surface area (Å²) >= 11 is 1.76. The molecule has 3 heteroatoms. The highest BCUT2D eigenvalue weighted by atomic mass is 32.2. The lowest BCUT2D eigenvalue weighted by molar-refractivity contribution is 0.911. The molecule has 0 atom stereocenters. The summed E-state index contributed by atoms with van der Waals surface area (Å²) in [4.78, 5) is 4.72. The largest absolute Gasteiger partial charge is 0.340 e. The van der Waals surface area contributed by atoms with Crippen LogP contribution in [0.4, 0.5) is 11.4 Å². The van der Waals surface area contributed by atoms with Crippen LogP contribution < -0.4 is 4.90 Å². The zero-order valence-corrected chi connectivity index (χ0v) is 11.3. The molecule has 3 rings (SSSR count). The van der Waals surface area contributed by atoms with Crippen LogP contribution in [0.2, 0.25) is 0 Å². The highest BCUT2D eigenvalue weighted by molar-refractivity contribution is 7.99. The van der Waals surface area contributed by atoms with Crippen molar-refractivity contribution in [2.24, 2.45) is 0 Å². The van der Waals surface area contributed by atoms with Gasteiger partial charge in [-0.3, -0.25) is 0 Å². The van der Waals surface area contributed by atoms with E-state index in [0.29, 0.717) is 5.56 Å². The van der Waals surface area contributed by atoms with Gasteiger partial charge in [0, 0.05) is 16.3 Å². The Morgan fingerprint density at radius 2 is 1.89 bits per heavy atom. The first-order valence-electron chi connectivity index (χ1n) is 6.21. The standard InChI is InChI=1S/C16H13N2S/c1-2-9-18-13-5-3-4-6-15(13)19-16-8-7-12(11-17)10-14(16)18/h3-8,10H,1-2,9H2. The Bertz CT molecular complexity index is 658. The first-order chi connectivity index (χ1) is 9.33. The fraction of sp³-hybridized carbons (Fsp3) is 0.125. The zero-order chi connectivity index (χ0) is 13.2. The fourth-order valence-electron chi connectivity index (χ4n) is 2.30. The van der Waals surface area contributed by atoms with Crippen LogP contribution in [0, 0.1) is 18.3 Å². The van der Waals surface area contributed by atoms with Crippen molar-refractivity contribution in [3.05, 3.63) is 55.0 Å². The van der Waals surface area contributed by atoms with Gasteiger partial charge in [0.15, 0.2) is 0 Å². The van der Waals surface area contributed by atoms with Gasteiger partial charge in [-0.05, 0) is 36.8 Å².